The number of halogens is 4. The minimum absolute atomic E-state index is 0.132. The van der Waals surface area contributed by atoms with Crippen LogP contribution < -0.4 is 0 Å². The molecule has 0 nitrogen and oxygen atoms in total. The molecule has 0 atom stereocenters. The van der Waals surface area contributed by atoms with Gasteiger partial charge in [-0.2, -0.15) is 13.2 Å². The molecule has 0 heterocycles. The standard InChI is InChI=1S/C10H10ClF3/c1-3-8-6(2)4-7(11)5-9(8)10(12,13)14/h4-5H,3H2,1-2H3. The Morgan fingerprint density at radius 1 is 1.29 bits per heavy atom. The van der Waals surface area contributed by atoms with Crippen molar-refractivity contribution < 1.29 is 13.2 Å². The molecule has 0 aromatic heterocycles. The van der Waals surface area contributed by atoms with Crippen molar-refractivity contribution in [3.05, 3.63) is 33.8 Å². The normalized spacial score (nSPS) is 11.9. The highest BCUT2D eigenvalue weighted by molar-refractivity contribution is 6.30. The molecular weight excluding hydrogens is 213 g/mol. The van der Waals surface area contributed by atoms with Crippen LogP contribution in [0, 0.1) is 6.92 Å². The predicted octanol–water partition coefficient (Wildman–Crippen LogP) is 4.23. The number of benzene rings is 1. The second kappa shape index (κ2) is 3.81. The van der Waals surface area contributed by atoms with E-state index in [0.29, 0.717) is 17.5 Å². The highest BCUT2D eigenvalue weighted by Gasteiger charge is 2.33. The van der Waals surface area contributed by atoms with Gasteiger partial charge in [-0.1, -0.05) is 18.5 Å². The predicted molar refractivity (Wildman–Crippen MR) is 50.6 cm³/mol. The van der Waals surface area contributed by atoms with Crippen molar-refractivity contribution in [2.45, 2.75) is 26.4 Å². The van der Waals surface area contributed by atoms with Crippen LogP contribution in [0.15, 0.2) is 12.1 Å². The molecule has 4 heteroatoms. The zero-order chi connectivity index (χ0) is 10.9. The number of aryl methyl sites for hydroxylation is 1. The van der Waals surface area contributed by atoms with Gasteiger partial charge in [-0.25, -0.2) is 0 Å². The molecule has 0 aliphatic carbocycles. The van der Waals surface area contributed by atoms with E-state index in [0.717, 1.165) is 6.07 Å². The van der Waals surface area contributed by atoms with Gasteiger partial charge in [0.25, 0.3) is 0 Å². The Morgan fingerprint density at radius 2 is 1.86 bits per heavy atom. The summed E-state index contributed by atoms with van der Waals surface area (Å²) in [5, 5.41) is 0.132. The van der Waals surface area contributed by atoms with Crippen LogP contribution in [0.25, 0.3) is 0 Å². The van der Waals surface area contributed by atoms with Crippen molar-refractivity contribution in [1.29, 1.82) is 0 Å². The molecule has 14 heavy (non-hydrogen) atoms. The third-order valence-corrected chi connectivity index (χ3v) is 2.31. The maximum Gasteiger partial charge on any atom is 0.416 e. The molecule has 0 fully saturated rings. The molecule has 0 N–H and O–H groups in total. The van der Waals surface area contributed by atoms with Crippen LogP contribution in [0.1, 0.15) is 23.6 Å². The third-order valence-electron chi connectivity index (χ3n) is 2.10. The molecule has 0 bridgehead atoms. The molecule has 0 saturated carbocycles. The number of hydrogen-bond acceptors (Lipinski definition) is 0. The second-order valence-electron chi connectivity index (χ2n) is 3.10. The van der Waals surface area contributed by atoms with E-state index >= 15 is 0 Å². The Hall–Kier alpha value is -0.700. The highest BCUT2D eigenvalue weighted by Crippen LogP contribution is 2.35. The highest BCUT2D eigenvalue weighted by atomic mass is 35.5. The maximum absolute atomic E-state index is 12.5. The molecule has 0 amide bonds. The van der Waals surface area contributed by atoms with Crippen LogP contribution in [0.2, 0.25) is 5.02 Å². The van der Waals surface area contributed by atoms with Gasteiger partial charge in [0, 0.05) is 5.02 Å². The monoisotopic (exact) mass is 222 g/mol. The Balaban J connectivity index is 3.40. The van der Waals surface area contributed by atoms with E-state index in [1.54, 1.807) is 19.9 Å². The topological polar surface area (TPSA) is 0 Å². The van der Waals surface area contributed by atoms with Crippen LogP contribution in [-0.4, -0.2) is 0 Å². The summed E-state index contributed by atoms with van der Waals surface area (Å²) < 4.78 is 37.6. The fourth-order valence-corrected chi connectivity index (χ4v) is 1.77. The lowest BCUT2D eigenvalue weighted by Crippen LogP contribution is -2.10. The van der Waals surface area contributed by atoms with Crippen molar-refractivity contribution in [1.82, 2.24) is 0 Å². The average Bonchev–Trinajstić information content (AvgIpc) is 2.01. The SMILES string of the molecule is CCc1c(C)cc(Cl)cc1C(F)(F)F. The molecule has 78 valence electrons. The van der Waals surface area contributed by atoms with E-state index < -0.39 is 11.7 Å². The van der Waals surface area contributed by atoms with Crippen molar-refractivity contribution in [2.24, 2.45) is 0 Å². The van der Waals surface area contributed by atoms with Crippen molar-refractivity contribution in [2.75, 3.05) is 0 Å². The van der Waals surface area contributed by atoms with E-state index in [2.05, 4.69) is 0 Å². The van der Waals surface area contributed by atoms with Gasteiger partial charge in [0.15, 0.2) is 0 Å². The van der Waals surface area contributed by atoms with Gasteiger partial charge in [0.1, 0.15) is 0 Å². The summed E-state index contributed by atoms with van der Waals surface area (Å²) in [5.74, 6) is 0. The summed E-state index contributed by atoms with van der Waals surface area (Å²) in [5.41, 5.74) is 0.291. The molecular formula is C10H10ClF3. The Kier molecular flexibility index (Phi) is 3.10. The summed E-state index contributed by atoms with van der Waals surface area (Å²) in [4.78, 5) is 0. The first-order chi connectivity index (χ1) is 6.36. The summed E-state index contributed by atoms with van der Waals surface area (Å²) in [6.07, 6.45) is -3.96. The van der Waals surface area contributed by atoms with E-state index in [-0.39, 0.29) is 5.02 Å². The van der Waals surface area contributed by atoms with E-state index in [1.165, 1.54) is 0 Å². The smallest absolute Gasteiger partial charge is 0.166 e. The Bertz CT molecular complexity index is 342. The molecule has 0 unspecified atom stereocenters. The van der Waals surface area contributed by atoms with Crippen LogP contribution in [-0.2, 0) is 12.6 Å². The van der Waals surface area contributed by atoms with Gasteiger partial charge in [0.2, 0.25) is 0 Å². The second-order valence-corrected chi connectivity index (χ2v) is 3.54. The Morgan fingerprint density at radius 3 is 2.29 bits per heavy atom. The summed E-state index contributed by atoms with van der Waals surface area (Å²) in [6, 6.07) is 2.53. The maximum atomic E-state index is 12.5. The quantitative estimate of drug-likeness (QED) is 0.667. The van der Waals surface area contributed by atoms with Gasteiger partial charge in [-0.3, -0.25) is 0 Å². The molecule has 1 aromatic carbocycles. The van der Waals surface area contributed by atoms with Crippen LogP contribution in [0.4, 0.5) is 13.2 Å². The first kappa shape index (κ1) is 11.4. The van der Waals surface area contributed by atoms with Gasteiger partial charge < -0.3 is 0 Å². The number of alkyl halides is 3. The summed E-state index contributed by atoms with van der Waals surface area (Å²) in [7, 11) is 0. The zero-order valence-corrected chi connectivity index (χ0v) is 8.63. The largest absolute Gasteiger partial charge is 0.416 e. The molecule has 0 radical (unpaired) electrons. The number of rotatable bonds is 1. The van der Waals surface area contributed by atoms with Crippen molar-refractivity contribution >= 4 is 11.6 Å². The molecule has 0 aliphatic rings. The molecule has 0 aliphatic heterocycles. The molecule has 0 spiro atoms. The summed E-state index contributed by atoms with van der Waals surface area (Å²) >= 11 is 5.59. The lowest BCUT2D eigenvalue weighted by Gasteiger charge is -2.14. The lowest BCUT2D eigenvalue weighted by atomic mass is 9.99. The summed E-state index contributed by atoms with van der Waals surface area (Å²) in [6.45, 7) is 3.34. The molecule has 1 aromatic rings. The first-order valence-electron chi connectivity index (χ1n) is 4.22. The van der Waals surface area contributed by atoms with E-state index in [4.69, 9.17) is 11.6 Å². The van der Waals surface area contributed by atoms with Gasteiger partial charge >= 0.3 is 6.18 Å². The van der Waals surface area contributed by atoms with Crippen molar-refractivity contribution in [3.63, 3.8) is 0 Å². The van der Waals surface area contributed by atoms with E-state index in [9.17, 15) is 13.2 Å². The minimum Gasteiger partial charge on any atom is -0.166 e. The zero-order valence-electron chi connectivity index (χ0n) is 7.87. The van der Waals surface area contributed by atoms with Crippen LogP contribution >= 0.6 is 11.6 Å². The fourth-order valence-electron chi connectivity index (χ4n) is 1.50. The molecule has 1 rings (SSSR count). The Labute approximate surface area is 85.7 Å². The average molecular weight is 223 g/mol. The van der Waals surface area contributed by atoms with E-state index in [1.807, 2.05) is 0 Å². The third kappa shape index (κ3) is 2.21. The van der Waals surface area contributed by atoms with Gasteiger partial charge in [-0.15, -0.1) is 0 Å². The first-order valence-corrected chi connectivity index (χ1v) is 4.60. The minimum atomic E-state index is -4.32. The van der Waals surface area contributed by atoms with Crippen LogP contribution in [0.5, 0.6) is 0 Å². The van der Waals surface area contributed by atoms with Gasteiger partial charge in [-0.05, 0) is 36.6 Å². The van der Waals surface area contributed by atoms with Gasteiger partial charge in [0.05, 0.1) is 5.56 Å². The van der Waals surface area contributed by atoms with Crippen molar-refractivity contribution in [3.8, 4) is 0 Å². The lowest BCUT2D eigenvalue weighted by molar-refractivity contribution is -0.138. The number of hydrogen-bond donors (Lipinski definition) is 0. The molecule has 0 saturated heterocycles. The fraction of sp³-hybridized carbons (Fsp3) is 0.400. The van der Waals surface area contributed by atoms with Crippen LogP contribution in [0.3, 0.4) is 0 Å².